The molecule has 1 N–H and O–H groups in total. The summed E-state index contributed by atoms with van der Waals surface area (Å²) in [6, 6.07) is 12.2. The maximum Gasteiger partial charge on any atom is 0.243 e. The van der Waals surface area contributed by atoms with E-state index in [2.05, 4.69) is 10.2 Å². The zero-order valence-electron chi connectivity index (χ0n) is 16.4. The quantitative estimate of drug-likeness (QED) is 0.778. The summed E-state index contributed by atoms with van der Waals surface area (Å²) in [6.07, 6.45) is 0. The van der Waals surface area contributed by atoms with E-state index in [1.807, 2.05) is 12.1 Å². The van der Waals surface area contributed by atoms with E-state index < -0.39 is 10.0 Å². The van der Waals surface area contributed by atoms with E-state index in [9.17, 15) is 18.0 Å². The summed E-state index contributed by atoms with van der Waals surface area (Å²) in [7, 11) is -3.63. The summed E-state index contributed by atoms with van der Waals surface area (Å²) >= 11 is 0. The fraction of sp³-hybridized carbons (Fsp3) is 0.333. The molecule has 0 aromatic heterocycles. The van der Waals surface area contributed by atoms with Crippen molar-refractivity contribution in [2.24, 2.45) is 0 Å². The molecule has 29 heavy (non-hydrogen) atoms. The predicted octanol–water partition coefficient (Wildman–Crippen LogP) is 2.46. The Labute approximate surface area is 170 Å². The summed E-state index contributed by atoms with van der Waals surface area (Å²) in [5.41, 5.74) is 3.04. The van der Waals surface area contributed by atoms with Crippen molar-refractivity contribution in [2.45, 2.75) is 24.7 Å². The van der Waals surface area contributed by atoms with Gasteiger partial charge in [0.05, 0.1) is 10.8 Å². The number of carbonyl (C=O) groups is 2. The average molecular weight is 413 g/mol. The number of benzene rings is 2. The first-order valence-electron chi connectivity index (χ1n) is 9.58. The summed E-state index contributed by atoms with van der Waals surface area (Å²) in [5, 5.41) is 2.77. The Morgan fingerprint density at radius 3 is 2.31 bits per heavy atom. The van der Waals surface area contributed by atoms with Gasteiger partial charge in [0.2, 0.25) is 15.9 Å². The zero-order valence-corrected chi connectivity index (χ0v) is 17.2. The van der Waals surface area contributed by atoms with E-state index in [4.69, 9.17) is 0 Å². The van der Waals surface area contributed by atoms with E-state index >= 15 is 0 Å². The van der Waals surface area contributed by atoms with Crippen molar-refractivity contribution < 1.29 is 18.0 Å². The van der Waals surface area contributed by atoms with Crippen molar-refractivity contribution in [2.75, 3.05) is 36.4 Å². The van der Waals surface area contributed by atoms with Gasteiger partial charge in [0.25, 0.3) is 0 Å². The third kappa shape index (κ3) is 3.54. The van der Waals surface area contributed by atoms with Crippen LogP contribution in [0.3, 0.4) is 0 Å². The van der Waals surface area contributed by atoms with Crippen LogP contribution >= 0.6 is 0 Å². The molecular weight excluding hydrogens is 390 g/mol. The number of hydrogen-bond acceptors (Lipinski definition) is 5. The summed E-state index contributed by atoms with van der Waals surface area (Å²) in [5.74, 6) is -0.443. The lowest BCUT2D eigenvalue weighted by molar-refractivity contribution is -0.116. The van der Waals surface area contributed by atoms with Crippen molar-refractivity contribution in [3.05, 3.63) is 53.6 Å². The SMILES string of the molecule is CC(=O)c1ccc(N2CCN(S(=O)(=O)c3ccc4c(c3)[C@H](C)C(=O)N4)CC2)cc1. The molecule has 0 spiro atoms. The number of Topliss-reactive ketones (excluding diaryl/α,β-unsaturated/α-hetero) is 1. The Bertz CT molecular complexity index is 1070. The van der Waals surface area contributed by atoms with E-state index in [-0.39, 0.29) is 22.5 Å². The number of ketones is 1. The summed E-state index contributed by atoms with van der Waals surface area (Å²) in [6.45, 7) is 5.19. The van der Waals surface area contributed by atoms with Gasteiger partial charge in [0, 0.05) is 43.1 Å². The molecule has 1 saturated heterocycles. The third-order valence-electron chi connectivity index (χ3n) is 5.66. The van der Waals surface area contributed by atoms with Crippen LogP contribution < -0.4 is 10.2 Å². The van der Waals surface area contributed by atoms with Gasteiger partial charge in [-0.15, -0.1) is 0 Å². The number of nitrogens with zero attached hydrogens (tertiary/aromatic N) is 2. The largest absolute Gasteiger partial charge is 0.369 e. The number of fused-ring (bicyclic) bond motifs is 1. The standard InChI is InChI=1S/C21H23N3O4S/c1-14-19-13-18(7-8-20(19)22-21(14)26)29(27,28)24-11-9-23(10-12-24)17-5-3-16(4-6-17)15(2)25/h3-8,13-14H,9-12H2,1-2H3,(H,22,26)/t14-/m0/s1. The third-order valence-corrected chi connectivity index (χ3v) is 7.55. The van der Waals surface area contributed by atoms with Crippen molar-refractivity contribution >= 4 is 33.1 Å². The average Bonchev–Trinajstić information content (AvgIpc) is 3.01. The summed E-state index contributed by atoms with van der Waals surface area (Å²) in [4.78, 5) is 25.6. The van der Waals surface area contributed by atoms with Gasteiger partial charge in [0.1, 0.15) is 0 Å². The van der Waals surface area contributed by atoms with Gasteiger partial charge in [0.15, 0.2) is 5.78 Å². The molecule has 0 bridgehead atoms. The van der Waals surface area contributed by atoms with Crippen LogP contribution in [-0.2, 0) is 14.8 Å². The molecule has 0 aliphatic carbocycles. The van der Waals surface area contributed by atoms with Gasteiger partial charge < -0.3 is 10.2 Å². The number of anilines is 2. The first-order valence-corrected chi connectivity index (χ1v) is 11.0. The fourth-order valence-electron chi connectivity index (χ4n) is 3.80. The van der Waals surface area contributed by atoms with Crippen LogP contribution in [0.4, 0.5) is 11.4 Å². The minimum Gasteiger partial charge on any atom is -0.369 e. The molecule has 2 aliphatic heterocycles. The minimum absolute atomic E-state index is 0.0213. The second-order valence-electron chi connectivity index (χ2n) is 7.45. The monoisotopic (exact) mass is 413 g/mol. The highest BCUT2D eigenvalue weighted by Crippen LogP contribution is 2.34. The Kier molecular flexibility index (Phi) is 4.92. The van der Waals surface area contributed by atoms with Crippen molar-refractivity contribution in [3.63, 3.8) is 0 Å². The van der Waals surface area contributed by atoms with E-state index in [1.165, 1.54) is 11.2 Å². The molecule has 1 atom stereocenters. The number of carbonyl (C=O) groups excluding carboxylic acids is 2. The molecule has 1 amide bonds. The van der Waals surface area contributed by atoms with E-state index in [0.717, 1.165) is 11.3 Å². The predicted molar refractivity (Wildman–Crippen MR) is 111 cm³/mol. The van der Waals surface area contributed by atoms with Crippen molar-refractivity contribution in [1.82, 2.24) is 4.31 Å². The number of piperazine rings is 1. The first-order chi connectivity index (χ1) is 13.8. The van der Waals surface area contributed by atoms with Crippen LogP contribution in [0.15, 0.2) is 47.4 Å². The lowest BCUT2D eigenvalue weighted by Gasteiger charge is -2.35. The molecule has 0 radical (unpaired) electrons. The second kappa shape index (κ2) is 7.27. The molecule has 8 heteroatoms. The summed E-state index contributed by atoms with van der Waals surface area (Å²) < 4.78 is 27.7. The number of amides is 1. The van der Waals surface area contributed by atoms with Crippen LogP contribution in [0.25, 0.3) is 0 Å². The Morgan fingerprint density at radius 1 is 1.03 bits per heavy atom. The molecule has 152 valence electrons. The van der Waals surface area contributed by atoms with Crippen LogP contribution in [-0.4, -0.2) is 50.6 Å². The van der Waals surface area contributed by atoms with Gasteiger partial charge in [-0.05, 0) is 61.9 Å². The lowest BCUT2D eigenvalue weighted by Crippen LogP contribution is -2.48. The van der Waals surface area contributed by atoms with Crippen LogP contribution in [0.1, 0.15) is 35.7 Å². The highest BCUT2D eigenvalue weighted by atomic mass is 32.2. The molecule has 2 heterocycles. The Balaban J connectivity index is 1.48. The molecular formula is C21H23N3O4S. The van der Waals surface area contributed by atoms with Crippen LogP contribution in [0.2, 0.25) is 0 Å². The molecule has 4 rings (SSSR count). The van der Waals surface area contributed by atoms with Crippen LogP contribution in [0, 0.1) is 0 Å². The molecule has 7 nitrogen and oxygen atoms in total. The highest BCUT2D eigenvalue weighted by Gasteiger charge is 2.32. The number of rotatable bonds is 4. The maximum atomic E-state index is 13.1. The molecule has 2 aliphatic rings. The van der Waals surface area contributed by atoms with E-state index in [1.54, 1.807) is 37.3 Å². The first kappa shape index (κ1) is 19.6. The smallest absolute Gasteiger partial charge is 0.243 e. The van der Waals surface area contributed by atoms with E-state index in [0.29, 0.717) is 37.4 Å². The molecule has 0 saturated carbocycles. The van der Waals surface area contributed by atoms with Crippen molar-refractivity contribution in [3.8, 4) is 0 Å². The molecule has 2 aromatic carbocycles. The van der Waals surface area contributed by atoms with Gasteiger partial charge in [-0.25, -0.2) is 8.42 Å². The minimum atomic E-state index is -3.63. The topological polar surface area (TPSA) is 86.8 Å². The van der Waals surface area contributed by atoms with Gasteiger partial charge in [-0.2, -0.15) is 4.31 Å². The normalized spacial score (nSPS) is 19.7. The van der Waals surface area contributed by atoms with Crippen molar-refractivity contribution in [1.29, 1.82) is 0 Å². The number of sulfonamides is 1. The van der Waals surface area contributed by atoms with Gasteiger partial charge >= 0.3 is 0 Å². The Hall–Kier alpha value is -2.71. The second-order valence-corrected chi connectivity index (χ2v) is 9.39. The molecule has 1 fully saturated rings. The van der Waals surface area contributed by atoms with Crippen LogP contribution in [0.5, 0.6) is 0 Å². The maximum absolute atomic E-state index is 13.1. The number of hydrogen-bond donors (Lipinski definition) is 1. The zero-order chi connectivity index (χ0) is 20.8. The fourth-order valence-corrected chi connectivity index (χ4v) is 5.26. The lowest BCUT2D eigenvalue weighted by atomic mass is 10.0. The highest BCUT2D eigenvalue weighted by molar-refractivity contribution is 7.89. The molecule has 2 aromatic rings. The van der Waals surface area contributed by atoms with Gasteiger partial charge in [-0.3, -0.25) is 9.59 Å². The Morgan fingerprint density at radius 2 is 1.69 bits per heavy atom. The van der Waals surface area contributed by atoms with Gasteiger partial charge in [-0.1, -0.05) is 0 Å². The number of nitrogens with one attached hydrogen (secondary N) is 1. The molecule has 0 unspecified atom stereocenters.